The van der Waals surface area contributed by atoms with E-state index in [1.165, 1.54) is 17.9 Å². The topological polar surface area (TPSA) is 110 Å². The highest BCUT2D eigenvalue weighted by Crippen LogP contribution is 2.12. The first kappa shape index (κ1) is 9.04. The van der Waals surface area contributed by atoms with Crippen LogP contribution in [0.5, 0.6) is 0 Å². The van der Waals surface area contributed by atoms with E-state index >= 15 is 0 Å². The van der Waals surface area contributed by atoms with Gasteiger partial charge in [-0.15, -0.1) is 0 Å². The van der Waals surface area contributed by atoms with Gasteiger partial charge in [0.15, 0.2) is 0 Å². The predicted octanol–water partition coefficient (Wildman–Crippen LogP) is -0.391. The van der Waals surface area contributed by atoms with Crippen molar-refractivity contribution in [3.05, 3.63) is 11.8 Å². The van der Waals surface area contributed by atoms with Crippen LogP contribution in [-0.2, 0) is 7.05 Å². The summed E-state index contributed by atoms with van der Waals surface area (Å²) >= 11 is 0. The average molecular weight is 184 g/mol. The van der Waals surface area contributed by atoms with Gasteiger partial charge >= 0.3 is 6.09 Å². The number of amides is 2. The Bertz CT molecular complexity index is 357. The minimum atomic E-state index is -1.27. The van der Waals surface area contributed by atoms with E-state index in [1.54, 1.807) is 0 Å². The minimum Gasteiger partial charge on any atom is -0.465 e. The van der Waals surface area contributed by atoms with E-state index in [4.69, 9.17) is 10.8 Å². The predicted molar refractivity (Wildman–Crippen MR) is 43.4 cm³/mol. The molecule has 0 aliphatic rings. The standard InChI is InChI=1S/C6H8N4O3/c1-10-5(9-6(12)13)3(2-8-10)4(7)11/h2,9H,1H3,(H2,7,11)(H,12,13). The third-order valence-electron chi connectivity index (χ3n) is 1.43. The summed E-state index contributed by atoms with van der Waals surface area (Å²) in [7, 11) is 1.50. The number of nitrogens with zero attached hydrogens (tertiary/aromatic N) is 2. The lowest BCUT2D eigenvalue weighted by atomic mass is 10.3. The molecule has 0 radical (unpaired) electrons. The number of nitrogens with one attached hydrogen (secondary N) is 1. The normalized spacial score (nSPS) is 9.62. The Morgan fingerprint density at radius 3 is 2.77 bits per heavy atom. The Morgan fingerprint density at radius 1 is 1.69 bits per heavy atom. The summed E-state index contributed by atoms with van der Waals surface area (Å²) in [6.07, 6.45) is -0.0701. The molecule has 0 aromatic carbocycles. The lowest BCUT2D eigenvalue weighted by Crippen LogP contribution is -2.17. The highest BCUT2D eigenvalue weighted by Gasteiger charge is 2.14. The zero-order chi connectivity index (χ0) is 10.0. The Morgan fingerprint density at radius 2 is 2.31 bits per heavy atom. The highest BCUT2D eigenvalue weighted by atomic mass is 16.4. The van der Waals surface area contributed by atoms with Crippen LogP contribution in [0, 0.1) is 0 Å². The van der Waals surface area contributed by atoms with Gasteiger partial charge in [0, 0.05) is 7.05 Å². The van der Waals surface area contributed by atoms with Crippen molar-refractivity contribution in [2.45, 2.75) is 0 Å². The molecule has 0 bridgehead atoms. The van der Waals surface area contributed by atoms with Crippen molar-refractivity contribution >= 4 is 17.8 Å². The summed E-state index contributed by atoms with van der Waals surface area (Å²) in [6.45, 7) is 0. The largest absolute Gasteiger partial charge is 0.465 e. The zero-order valence-corrected chi connectivity index (χ0v) is 6.81. The molecule has 13 heavy (non-hydrogen) atoms. The first-order valence-corrected chi connectivity index (χ1v) is 3.34. The number of carbonyl (C=O) groups excluding carboxylic acids is 1. The molecule has 1 rings (SSSR count). The Balaban J connectivity index is 3.08. The van der Waals surface area contributed by atoms with Crippen LogP contribution in [0.25, 0.3) is 0 Å². The second-order valence-electron chi connectivity index (χ2n) is 2.32. The molecule has 0 aliphatic heterocycles. The van der Waals surface area contributed by atoms with Crippen LogP contribution in [0.1, 0.15) is 10.4 Å². The van der Waals surface area contributed by atoms with E-state index < -0.39 is 12.0 Å². The van der Waals surface area contributed by atoms with E-state index in [9.17, 15) is 9.59 Å². The summed E-state index contributed by atoms with van der Waals surface area (Å²) in [5, 5.41) is 14.1. The fourth-order valence-electron chi connectivity index (χ4n) is 0.867. The van der Waals surface area contributed by atoms with Gasteiger partial charge in [-0.2, -0.15) is 5.10 Å². The summed E-state index contributed by atoms with van der Waals surface area (Å²) in [5.41, 5.74) is 5.02. The summed E-state index contributed by atoms with van der Waals surface area (Å²) in [6, 6.07) is 0. The zero-order valence-electron chi connectivity index (χ0n) is 6.81. The van der Waals surface area contributed by atoms with Crippen molar-refractivity contribution in [2.24, 2.45) is 12.8 Å². The summed E-state index contributed by atoms with van der Waals surface area (Å²) in [5.74, 6) is -0.656. The van der Waals surface area contributed by atoms with E-state index in [0.717, 1.165) is 0 Å². The van der Waals surface area contributed by atoms with Crippen molar-refractivity contribution in [3.8, 4) is 0 Å². The van der Waals surface area contributed by atoms with Crippen LogP contribution in [-0.4, -0.2) is 26.9 Å². The molecule has 0 aliphatic carbocycles. The molecule has 1 heterocycles. The van der Waals surface area contributed by atoms with Crippen molar-refractivity contribution in [3.63, 3.8) is 0 Å². The van der Waals surface area contributed by atoms with Crippen molar-refractivity contribution in [2.75, 3.05) is 5.32 Å². The molecule has 0 saturated heterocycles. The van der Waals surface area contributed by atoms with Crippen molar-refractivity contribution < 1.29 is 14.7 Å². The molecule has 0 atom stereocenters. The maximum absolute atomic E-state index is 10.8. The minimum absolute atomic E-state index is 0.0462. The molecule has 1 aromatic rings. The molecule has 0 spiro atoms. The number of hydrogen-bond donors (Lipinski definition) is 3. The maximum atomic E-state index is 10.8. The fourth-order valence-corrected chi connectivity index (χ4v) is 0.867. The second kappa shape index (κ2) is 3.13. The SMILES string of the molecule is Cn1ncc(C(N)=O)c1NC(=O)O. The lowest BCUT2D eigenvalue weighted by molar-refractivity contribution is 0.100. The Hall–Kier alpha value is -2.05. The van der Waals surface area contributed by atoms with Crippen LogP contribution in [0.4, 0.5) is 10.6 Å². The number of aromatic nitrogens is 2. The number of anilines is 1. The average Bonchev–Trinajstić information content (AvgIpc) is 2.32. The van der Waals surface area contributed by atoms with Crippen molar-refractivity contribution in [1.82, 2.24) is 9.78 Å². The molecule has 7 heteroatoms. The van der Waals surface area contributed by atoms with E-state index in [2.05, 4.69) is 5.10 Å². The quantitative estimate of drug-likeness (QED) is 0.581. The molecule has 0 fully saturated rings. The number of nitrogens with two attached hydrogens (primary N) is 1. The van der Waals surface area contributed by atoms with Gasteiger partial charge in [0.2, 0.25) is 0 Å². The number of hydrogen-bond acceptors (Lipinski definition) is 3. The summed E-state index contributed by atoms with van der Waals surface area (Å²) < 4.78 is 1.22. The van der Waals surface area contributed by atoms with Crippen molar-refractivity contribution in [1.29, 1.82) is 0 Å². The molecule has 0 saturated carbocycles. The van der Waals surface area contributed by atoms with Gasteiger partial charge in [-0.05, 0) is 0 Å². The van der Waals surface area contributed by atoms with E-state index in [-0.39, 0.29) is 11.4 Å². The third kappa shape index (κ3) is 1.75. The van der Waals surface area contributed by atoms with Crippen LogP contribution < -0.4 is 11.1 Å². The molecule has 1 aromatic heterocycles. The fraction of sp³-hybridized carbons (Fsp3) is 0.167. The third-order valence-corrected chi connectivity index (χ3v) is 1.43. The van der Waals surface area contributed by atoms with Gasteiger partial charge in [-0.25, -0.2) is 4.79 Å². The molecule has 0 unspecified atom stereocenters. The smallest absolute Gasteiger partial charge is 0.410 e. The monoisotopic (exact) mass is 184 g/mol. The highest BCUT2D eigenvalue weighted by molar-refractivity contribution is 6.00. The summed E-state index contributed by atoms with van der Waals surface area (Å²) in [4.78, 5) is 21.0. The molecule has 7 nitrogen and oxygen atoms in total. The van der Waals surface area contributed by atoms with Gasteiger partial charge in [0.1, 0.15) is 11.4 Å². The maximum Gasteiger partial charge on any atom is 0.410 e. The Kier molecular flexibility index (Phi) is 2.18. The second-order valence-corrected chi connectivity index (χ2v) is 2.32. The number of carbonyl (C=O) groups is 2. The van der Waals surface area contributed by atoms with Crippen LogP contribution >= 0.6 is 0 Å². The van der Waals surface area contributed by atoms with Crippen LogP contribution in [0.2, 0.25) is 0 Å². The molecular formula is C6H8N4O3. The first-order valence-electron chi connectivity index (χ1n) is 3.34. The van der Waals surface area contributed by atoms with E-state index in [1.807, 2.05) is 5.32 Å². The van der Waals surface area contributed by atoms with Gasteiger partial charge < -0.3 is 10.8 Å². The van der Waals surface area contributed by atoms with Gasteiger partial charge in [-0.3, -0.25) is 14.8 Å². The molecule has 4 N–H and O–H groups in total. The molecule has 2 amide bonds. The Labute approximate surface area is 73.1 Å². The van der Waals surface area contributed by atoms with Gasteiger partial charge in [0.05, 0.1) is 6.20 Å². The first-order chi connectivity index (χ1) is 6.02. The van der Waals surface area contributed by atoms with Gasteiger partial charge in [0.25, 0.3) is 5.91 Å². The number of rotatable bonds is 2. The number of primary amides is 1. The number of carboxylic acid groups (broad SMARTS) is 1. The van der Waals surface area contributed by atoms with Gasteiger partial charge in [-0.1, -0.05) is 0 Å². The number of aryl methyl sites for hydroxylation is 1. The molecule has 70 valence electrons. The lowest BCUT2D eigenvalue weighted by Gasteiger charge is -2.01. The van der Waals surface area contributed by atoms with E-state index in [0.29, 0.717) is 0 Å². The van der Waals surface area contributed by atoms with Crippen LogP contribution in [0.3, 0.4) is 0 Å². The molecular weight excluding hydrogens is 176 g/mol. The van der Waals surface area contributed by atoms with Crippen LogP contribution in [0.15, 0.2) is 6.20 Å².